The van der Waals surface area contributed by atoms with E-state index in [9.17, 15) is 65.8 Å². The second-order valence-corrected chi connectivity index (χ2v) is 41.0. The first kappa shape index (κ1) is 110. The Hall–Kier alpha value is -8.89. The number of alkyl carbamates (subject to hydrolysis) is 3. The fourth-order valence-electron chi connectivity index (χ4n) is 21.0. The van der Waals surface area contributed by atoms with Crippen LogP contribution in [0.3, 0.4) is 0 Å². The molecular weight excluding hydrogens is 1900 g/mol. The largest absolute Gasteiger partial charge is 0.540 e. The molecular formula is C99H134F6N11O18V3-3. The Kier molecular flexibility index (Phi) is 37.5. The average molecular weight is 2030 g/mol. The van der Waals surface area contributed by atoms with Crippen LogP contribution in [0.1, 0.15) is 240 Å². The van der Waals surface area contributed by atoms with E-state index in [1.165, 1.54) is 40.0 Å². The molecule has 4 N–H and O–H groups in total. The molecule has 3 saturated heterocycles. The number of nitrogens with zero attached hydrogens (tertiary/aromatic N) is 8. The Balaban J connectivity index is 0.000000276. The van der Waals surface area contributed by atoms with Crippen molar-refractivity contribution >= 4 is 87.8 Å². The van der Waals surface area contributed by atoms with Crippen LogP contribution < -0.4 is 39.6 Å². The van der Waals surface area contributed by atoms with E-state index in [1.807, 2.05) is 89.4 Å². The number of ether oxygens (including phenoxy) is 8. The number of hydrogen-bond acceptors (Lipinski definition) is 23. The minimum atomic E-state index is -3.26. The van der Waals surface area contributed by atoms with Crippen LogP contribution in [0, 0.1) is 63.6 Å². The van der Waals surface area contributed by atoms with Crippen LogP contribution in [0.25, 0.3) is 33.0 Å². The number of rotatable bonds is 8. The predicted octanol–water partition coefficient (Wildman–Crippen LogP) is 17.6. The van der Waals surface area contributed by atoms with Gasteiger partial charge in [-0.15, -0.1) is 0 Å². The first-order valence-electron chi connectivity index (χ1n) is 47.4. The van der Waals surface area contributed by atoms with E-state index in [0.29, 0.717) is 113 Å². The molecule has 137 heavy (non-hydrogen) atoms. The molecule has 0 spiro atoms. The molecule has 7 fully saturated rings. The summed E-state index contributed by atoms with van der Waals surface area (Å²) >= 11 is 0. The second kappa shape index (κ2) is 46.7. The Morgan fingerprint density at radius 3 is 1.51 bits per heavy atom. The van der Waals surface area contributed by atoms with Crippen LogP contribution in [0.4, 0.5) is 40.7 Å². The molecule has 29 nitrogen and oxygen atoms in total. The maximum Gasteiger partial charge on any atom is 0.408 e. The maximum atomic E-state index is 16.2. The molecule has 20 atom stereocenters. The third kappa shape index (κ3) is 26.1. The molecule has 2 unspecified atom stereocenters. The zero-order valence-corrected chi connectivity index (χ0v) is 84.5. The normalized spacial score (nSPS) is 29.8. The number of carbonyl (C=O) groups excluding carboxylic acids is 9. The van der Waals surface area contributed by atoms with Gasteiger partial charge >= 0.3 is 24.9 Å². The number of aromatic nitrogens is 5. The molecule has 6 aliphatic heterocycles. The third-order valence-corrected chi connectivity index (χ3v) is 28.5. The molecule has 10 aliphatic rings. The molecule has 3 aromatic heterocycles. The second-order valence-electron chi connectivity index (χ2n) is 41.0. The van der Waals surface area contributed by atoms with E-state index in [2.05, 4.69) is 38.2 Å². The van der Waals surface area contributed by atoms with Crippen LogP contribution in [0.15, 0.2) is 60.7 Å². The summed E-state index contributed by atoms with van der Waals surface area (Å²) in [6.07, 6.45) is 18.0. The summed E-state index contributed by atoms with van der Waals surface area (Å²) in [5.41, 5.74) is 0.646. The first-order valence-corrected chi connectivity index (χ1v) is 47.4. The SMILES string of the molecule is CC[C@@H]1[C@@H]2CN(C(=O)[C@H](C(C)(C)C)NC(=O)O[C@@H]3CCC[C@H]3CCCCCc3nc4ccc(OC(F)F)cc4nc3O2)[C@@H]1[C-]=O.CC[C@@H]1[C@@H]2CN(C(=O)[C@H](C(C)(C)C)NC(=O)O[C@@H]3C[C@H]3CCCCCc3nc4ccc(O)cc4nc3O2)[C@@H]1[C-]=O.COc1ccc2cc3c(nc2c1)O[C@H]1CN(C(=O)[C@H](C(C)(C)C)NC(=O)O[C@]2(C)CC4CC4[C@H]2CCCCC3(F)F)[C@H]([C-]=O)[C@@H]1C.FCF.[HH].[HH].[HH].[V].[V].[V]. The summed E-state index contributed by atoms with van der Waals surface area (Å²) in [6, 6.07) is 10.1. The van der Waals surface area contributed by atoms with Gasteiger partial charge in [-0.2, -0.15) is 8.78 Å². The van der Waals surface area contributed by atoms with Gasteiger partial charge in [-0.1, -0.05) is 146 Å². The van der Waals surface area contributed by atoms with E-state index >= 15 is 8.78 Å². The number of phenolic OH excluding ortho intramolecular Hbond substituents is 1. The van der Waals surface area contributed by atoms with Crippen LogP contribution in [-0.4, -0.2) is 212 Å². The summed E-state index contributed by atoms with van der Waals surface area (Å²) in [7, 11) is 1.51. The van der Waals surface area contributed by atoms with Gasteiger partial charge in [0, 0.05) is 95.9 Å². The quantitative estimate of drug-likeness (QED) is 0.0624. The number of aryl methyl sites for hydroxylation is 2. The number of fused-ring (bicyclic) bond motifs is 17. The van der Waals surface area contributed by atoms with Crippen molar-refractivity contribution in [1.82, 2.24) is 55.6 Å². The molecule has 753 valence electrons. The molecule has 3 radical (unpaired) electrons. The van der Waals surface area contributed by atoms with E-state index in [-0.39, 0.29) is 151 Å². The number of alkyl halides is 6. The minimum absolute atomic E-state index is 0. The van der Waals surface area contributed by atoms with Crippen LogP contribution in [-0.2, 0) is 117 Å². The zero-order chi connectivity index (χ0) is 96.8. The Labute approximate surface area is 836 Å². The van der Waals surface area contributed by atoms with Crippen LogP contribution in [0.2, 0.25) is 0 Å². The number of phenols is 1. The number of aromatic hydroxyl groups is 1. The van der Waals surface area contributed by atoms with Gasteiger partial charge in [-0.05, 0) is 197 Å². The molecule has 6 amide bonds. The number of benzene rings is 3. The summed E-state index contributed by atoms with van der Waals surface area (Å²) in [6.45, 7) is 19.5. The zero-order valence-electron chi connectivity index (χ0n) is 80.3. The smallest absolute Gasteiger partial charge is 0.408 e. The fraction of sp³-hybridized carbons (Fsp3) is 0.657. The van der Waals surface area contributed by atoms with Crippen molar-refractivity contribution in [2.45, 2.75) is 316 Å². The fourth-order valence-corrected chi connectivity index (χ4v) is 21.0. The Bertz CT molecular complexity index is 5260. The maximum absolute atomic E-state index is 16.2. The summed E-state index contributed by atoms with van der Waals surface area (Å²) in [5.74, 6) is -3.45. The molecule has 38 heteroatoms. The average Bonchev–Trinajstić information content (AvgIpc) is 1.56. The van der Waals surface area contributed by atoms with Crippen molar-refractivity contribution < 1.29 is 172 Å². The van der Waals surface area contributed by atoms with Crippen molar-refractivity contribution in [1.29, 1.82) is 0 Å². The van der Waals surface area contributed by atoms with Crippen LogP contribution in [0.5, 0.6) is 34.9 Å². The number of halogens is 6. The number of pyridine rings is 1. The van der Waals surface area contributed by atoms with Gasteiger partial charge in [0.15, 0.2) is 0 Å². The standard InChI is InChI=1S/C35H44F2N3O6.C33H43F2N4O6.C30H39N4O6.CH2F2.3V.3H2/c1-19-27(18-41)40-17-28(19)45-30-25(14-20-10-11-22(44-6)15-26(20)38-30)35(36,37)12-8-7-9-24-23-13-21(23)16-34(24,5)46-32(43)39-29(31(40)42)33(2,3)4;1-5-21-25(18-40)39-17-27(21)44-29-23(36-22-15-14-20(43-31(34)35)16-24(22)37-29)12-8-6-7-10-19-11-9-13-26(19)45-32(42)38-28(30(39)41)33(2,3)4;1-5-19-23(16-35)34-15-25(19)39-27-21(31-20-12-11-18(36)14-22(20)32-27)10-8-6-7-9-17-13-24(17)40-29(38)33-26(28(34)37)30(2,3)4;2-1-3;;;;;;/h10-11,14-15,19,21,23-24,27-29H,7-9,12-13,16-17H2,1-6H3,(H,39,43);14-16,19,21,25-28,31H,5-13,17H2,1-4H3,(H,38,42);11-12,14,17,19,23-26,36H,5-10,13,15H2,1-4H3,(H,33,38);1H2;;;;3*1H/q3*-1;;;;;;;/t19-,21?,23?,24+,27+,28-,29+,34+;19-,21+,25-,26-,27+,28-;17-,19+,23-,24-,25+,26-;;;;;;;/m011......./s1. The van der Waals surface area contributed by atoms with Crippen LogP contribution >= 0.6 is 0 Å². The van der Waals surface area contributed by atoms with Gasteiger partial charge in [0.25, 0.3) is 5.92 Å². The molecule has 4 aliphatic carbocycles. The Morgan fingerprint density at radius 1 is 0.518 bits per heavy atom. The summed E-state index contributed by atoms with van der Waals surface area (Å²) in [5, 5.41) is 19.0. The van der Waals surface area contributed by atoms with Gasteiger partial charge in [-0.25, -0.2) is 75.7 Å². The predicted molar refractivity (Wildman–Crippen MR) is 489 cm³/mol. The molecule has 16 rings (SSSR count). The number of hydrogen-bond donors (Lipinski definition) is 4. The van der Waals surface area contributed by atoms with E-state index < -0.39 is 144 Å². The number of methoxy groups -OCH3 is 1. The van der Waals surface area contributed by atoms with Gasteiger partial charge < -0.3 is 88.0 Å². The van der Waals surface area contributed by atoms with Gasteiger partial charge in [0.05, 0.1) is 59.9 Å². The number of nitrogens with one attached hydrogen (secondary N) is 3. The first-order chi connectivity index (χ1) is 63.6. The van der Waals surface area contributed by atoms with E-state index in [0.717, 1.165) is 89.2 Å². The van der Waals surface area contributed by atoms with Crippen molar-refractivity contribution in [3.05, 3.63) is 77.6 Å². The van der Waals surface area contributed by atoms with Crippen molar-refractivity contribution in [3.63, 3.8) is 0 Å². The van der Waals surface area contributed by atoms with Crippen molar-refractivity contribution in [3.8, 4) is 34.9 Å². The third-order valence-electron chi connectivity index (χ3n) is 28.5. The summed E-state index contributed by atoms with van der Waals surface area (Å²) < 4.78 is 124. The molecule has 9 heterocycles. The minimum Gasteiger partial charge on any atom is -0.540 e. The molecule has 3 aromatic carbocycles. The number of amides is 6. The van der Waals surface area contributed by atoms with Gasteiger partial charge in [0.2, 0.25) is 42.3 Å². The monoisotopic (exact) mass is 2030 g/mol. The van der Waals surface area contributed by atoms with Crippen molar-refractivity contribution in [2.75, 3.05) is 33.7 Å². The van der Waals surface area contributed by atoms with Gasteiger partial charge in [0.1, 0.15) is 82.9 Å². The number of carbonyl (C=O) groups is 6. The van der Waals surface area contributed by atoms with Gasteiger partial charge in [-0.3, -0.25) is 14.4 Å². The molecule has 4 saturated carbocycles. The summed E-state index contributed by atoms with van der Waals surface area (Å²) in [4.78, 5) is 146. The Morgan fingerprint density at radius 2 is 0.985 bits per heavy atom. The molecule has 6 aromatic rings. The van der Waals surface area contributed by atoms with E-state index in [4.69, 9.17) is 53.1 Å². The van der Waals surface area contributed by atoms with E-state index in [1.54, 1.807) is 49.4 Å². The topological polar surface area (TPSA) is 358 Å². The molecule has 6 bridgehead atoms. The van der Waals surface area contributed by atoms with Crippen molar-refractivity contribution in [2.24, 2.45) is 63.6 Å².